The zero-order chi connectivity index (χ0) is 14.4. The molecule has 2 rings (SSSR count). The second-order valence-corrected chi connectivity index (χ2v) is 6.41. The highest BCUT2D eigenvalue weighted by molar-refractivity contribution is 9.10. The van der Waals surface area contributed by atoms with Crippen molar-refractivity contribution in [2.75, 3.05) is 19.6 Å². The first-order valence-corrected chi connectivity index (χ1v) is 8.34. The number of nitrogens with one attached hydrogen (secondary N) is 2. The minimum absolute atomic E-state index is 0.0351. The lowest BCUT2D eigenvalue weighted by molar-refractivity contribution is 0.0941. The molecule has 1 unspecified atom stereocenters. The molecule has 0 aromatic carbocycles. The summed E-state index contributed by atoms with van der Waals surface area (Å²) >= 11 is 3.44. The Labute approximate surface area is 129 Å². The van der Waals surface area contributed by atoms with Gasteiger partial charge in [0.05, 0.1) is 0 Å². The van der Waals surface area contributed by atoms with Gasteiger partial charge in [0, 0.05) is 23.8 Å². The highest BCUT2D eigenvalue weighted by atomic mass is 79.9. The van der Waals surface area contributed by atoms with Gasteiger partial charge in [0.25, 0.3) is 5.91 Å². The number of halogens is 1. The number of hydrogen-bond donors (Lipinski definition) is 2. The number of hydrogen-bond acceptors (Lipinski definition) is 2. The van der Waals surface area contributed by atoms with Crippen LogP contribution >= 0.6 is 15.9 Å². The van der Waals surface area contributed by atoms with Gasteiger partial charge in [-0.15, -0.1) is 0 Å². The maximum atomic E-state index is 12.2. The van der Waals surface area contributed by atoms with Crippen molar-refractivity contribution in [2.45, 2.75) is 39.2 Å². The molecule has 1 amide bonds. The van der Waals surface area contributed by atoms with Gasteiger partial charge in [0.15, 0.2) is 0 Å². The number of rotatable bonds is 6. The van der Waals surface area contributed by atoms with Gasteiger partial charge < -0.3 is 15.2 Å². The van der Waals surface area contributed by atoms with Crippen molar-refractivity contribution >= 4 is 21.8 Å². The third-order valence-corrected chi connectivity index (χ3v) is 4.23. The van der Waals surface area contributed by atoms with Crippen LogP contribution in [-0.4, -0.2) is 30.1 Å². The average Bonchev–Trinajstić information content (AvgIpc) is 2.81. The quantitative estimate of drug-likeness (QED) is 0.835. The van der Waals surface area contributed by atoms with Gasteiger partial charge in [0.2, 0.25) is 0 Å². The molecule has 1 aliphatic rings. The van der Waals surface area contributed by atoms with Crippen molar-refractivity contribution in [2.24, 2.45) is 5.92 Å². The Morgan fingerprint density at radius 3 is 3.15 bits per heavy atom. The minimum Gasteiger partial charge on any atom is -0.351 e. The zero-order valence-corrected chi connectivity index (χ0v) is 13.7. The summed E-state index contributed by atoms with van der Waals surface area (Å²) in [6.45, 7) is 5.99. The largest absolute Gasteiger partial charge is 0.351 e. The summed E-state index contributed by atoms with van der Waals surface area (Å²) in [5.41, 5.74) is 0.750. The number of aryl methyl sites for hydroxylation is 1. The predicted octanol–water partition coefficient (Wildman–Crippen LogP) is 2.78. The third kappa shape index (κ3) is 4.35. The number of amides is 1. The summed E-state index contributed by atoms with van der Waals surface area (Å²) in [5.74, 6) is 0.742. The molecule has 2 N–H and O–H groups in total. The summed E-state index contributed by atoms with van der Waals surface area (Å²) in [6.07, 6.45) is 6.60. The van der Waals surface area contributed by atoms with Crippen molar-refractivity contribution in [1.82, 2.24) is 15.2 Å². The van der Waals surface area contributed by atoms with E-state index in [9.17, 15) is 4.79 Å². The fourth-order valence-electron chi connectivity index (χ4n) is 2.74. The second kappa shape index (κ2) is 7.84. The molecule has 0 radical (unpaired) electrons. The Morgan fingerprint density at radius 1 is 1.60 bits per heavy atom. The summed E-state index contributed by atoms with van der Waals surface area (Å²) in [7, 11) is 0. The topological polar surface area (TPSA) is 46.1 Å². The maximum absolute atomic E-state index is 12.2. The van der Waals surface area contributed by atoms with E-state index < -0.39 is 0 Å². The molecule has 0 bridgehead atoms. The van der Waals surface area contributed by atoms with E-state index in [4.69, 9.17) is 0 Å². The highest BCUT2D eigenvalue weighted by Gasteiger charge is 2.15. The van der Waals surface area contributed by atoms with E-state index in [1.54, 1.807) is 0 Å². The van der Waals surface area contributed by atoms with Gasteiger partial charge in [-0.25, -0.2) is 0 Å². The summed E-state index contributed by atoms with van der Waals surface area (Å²) in [6, 6.07) is 1.90. The first kappa shape index (κ1) is 15.6. The standard InChI is InChI=1S/C15H24BrN3O/c1-2-8-19-11-13(16)9-14(19)15(20)18-7-5-12-4-3-6-17-10-12/h9,11-12,17H,2-8,10H2,1H3,(H,18,20). The Hall–Kier alpha value is -0.810. The average molecular weight is 342 g/mol. The van der Waals surface area contributed by atoms with Crippen molar-refractivity contribution < 1.29 is 4.79 Å². The first-order chi connectivity index (χ1) is 9.70. The van der Waals surface area contributed by atoms with Crippen LogP contribution in [0.15, 0.2) is 16.7 Å². The van der Waals surface area contributed by atoms with Crippen LogP contribution in [-0.2, 0) is 6.54 Å². The number of carbonyl (C=O) groups excluding carboxylic acids is 1. The van der Waals surface area contributed by atoms with Crippen LogP contribution in [0.5, 0.6) is 0 Å². The van der Waals surface area contributed by atoms with E-state index in [1.807, 2.05) is 16.8 Å². The number of nitrogens with zero attached hydrogens (tertiary/aromatic N) is 1. The van der Waals surface area contributed by atoms with E-state index in [0.29, 0.717) is 5.92 Å². The van der Waals surface area contributed by atoms with Crippen LogP contribution in [0.25, 0.3) is 0 Å². The number of aromatic nitrogens is 1. The maximum Gasteiger partial charge on any atom is 0.267 e. The molecular formula is C15H24BrN3O. The van der Waals surface area contributed by atoms with Gasteiger partial charge in [-0.2, -0.15) is 0 Å². The van der Waals surface area contributed by atoms with Gasteiger partial charge in [-0.1, -0.05) is 6.92 Å². The summed E-state index contributed by atoms with van der Waals surface area (Å²) < 4.78 is 2.98. The van der Waals surface area contributed by atoms with E-state index in [1.165, 1.54) is 12.8 Å². The smallest absolute Gasteiger partial charge is 0.267 e. The molecule has 112 valence electrons. The molecular weight excluding hydrogens is 318 g/mol. The molecule has 0 spiro atoms. The molecule has 1 aliphatic heterocycles. The Kier molecular flexibility index (Phi) is 6.10. The predicted molar refractivity (Wildman–Crippen MR) is 85.0 cm³/mol. The molecule has 2 heterocycles. The van der Waals surface area contributed by atoms with Crippen molar-refractivity contribution in [3.05, 3.63) is 22.4 Å². The molecule has 1 atom stereocenters. The molecule has 20 heavy (non-hydrogen) atoms. The molecule has 1 fully saturated rings. The van der Waals surface area contributed by atoms with Gasteiger partial charge >= 0.3 is 0 Å². The fraction of sp³-hybridized carbons (Fsp3) is 0.667. The molecule has 0 saturated carbocycles. The Balaban J connectivity index is 1.81. The van der Waals surface area contributed by atoms with Crippen molar-refractivity contribution in [1.29, 1.82) is 0 Å². The molecule has 5 heteroatoms. The van der Waals surface area contributed by atoms with Crippen LogP contribution in [0.3, 0.4) is 0 Å². The Morgan fingerprint density at radius 2 is 2.45 bits per heavy atom. The second-order valence-electron chi connectivity index (χ2n) is 5.49. The van der Waals surface area contributed by atoms with Crippen molar-refractivity contribution in [3.63, 3.8) is 0 Å². The number of carbonyl (C=O) groups is 1. The van der Waals surface area contributed by atoms with Gasteiger partial charge in [-0.3, -0.25) is 4.79 Å². The normalized spacial score (nSPS) is 19.0. The minimum atomic E-state index is 0.0351. The van der Waals surface area contributed by atoms with E-state index in [2.05, 4.69) is 33.5 Å². The highest BCUT2D eigenvalue weighted by Crippen LogP contribution is 2.16. The third-order valence-electron chi connectivity index (χ3n) is 3.80. The lowest BCUT2D eigenvalue weighted by Gasteiger charge is -2.22. The van der Waals surface area contributed by atoms with Crippen LogP contribution in [0, 0.1) is 5.92 Å². The zero-order valence-electron chi connectivity index (χ0n) is 12.1. The SMILES string of the molecule is CCCn1cc(Br)cc1C(=O)NCCC1CCCNC1. The summed E-state index contributed by atoms with van der Waals surface area (Å²) in [5, 5.41) is 6.46. The fourth-order valence-corrected chi connectivity index (χ4v) is 3.21. The van der Waals surface area contributed by atoms with E-state index in [0.717, 1.165) is 49.2 Å². The van der Waals surface area contributed by atoms with Crippen LogP contribution < -0.4 is 10.6 Å². The van der Waals surface area contributed by atoms with Crippen LogP contribution in [0.4, 0.5) is 0 Å². The van der Waals surface area contributed by atoms with Gasteiger partial charge in [0.1, 0.15) is 5.69 Å². The Bertz CT molecular complexity index is 438. The van der Waals surface area contributed by atoms with Crippen LogP contribution in [0.2, 0.25) is 0 Å². The molecule has 4 nitrogen and oxygen atoms in total. The molecule has 1 aromatic rings. The van der Waals surface area contributed by atoms with Crippen molar-refractivity contribution in [3.8, 4) is 0 Å². The molecule has 1 saturated heterocycles. The van der Waals surface area contributed by atoms with E-state index >= 15 is 0 Å². The molecule has 1 aromatic heterocycles. The lowest BCUT2D eigenvalue weighted by atomic mass is 9.96. The number of piperidine rings is 1. The summed E-state index contributed by atoms with van der Waals surface area (Å²) in [4.78, 5) is 12.2. The lowest BCUT2D eigenvalue weighted by Crippen LogP contribution is -2.33. The molecule has 0 aliphatic carbocycles. The first-order valence-electron chi connectivity index (χ1n) is 7.55. The van der Waals surface area contributed by atoms with Gasteiger partial charge in [-0.05, 0) is 66.7 Å². The van der Waals surface area contributed by atoms with Crippen LogP contribution in [0.1, 0.15) is 43.1 Å². The van der Waals surface area contributed by atoms with E-state index in [-0.39, 0.29) is 5.91 Å². The monoisotopic (exact) mass is 341 g/mol.